The summed E-state index contributed by atoms with van der Waals surface area (Å²) in [6, 6.07) is 2.01. The van der Waals surface area contributed by atoms with Gasteiger partial charge in [-0.15, -0.1) is 0 Å². The average molecular weight is 339 g/mol. The molecular formula is C17H21N7O. The number of rotatable bonds is 4. The monoisotopic (exact) mass is 339 g/mol. The van der Waals surface area contributed by atoms with Crippen LogP contribution in [0.15, 0.2) is 24.8 Å². The summed E-state index contributed by atoms with van der Waals surface area (Å²) in [5, 5.41) is 5.31. The summed E-state index contributed by atoms with van der Waals surface area (Å²) in [5.41, 5.74) is 1.93. The van der Waals surface area contributed by atoms with Crippen LogP contribution >= 0.6 is 0 Å². The number of anilines is 1. The van der Waals surface area contributed by atoms with Crippen molar-refractivity contribution in [2.45, 2.75) is 25.4 Å². The van der Waals surface area contributed by atoms with E-state index in [-0.39, 0.29) is 0 Å². The van der Waals surface area contributed by atoms with Crippen LogP contribution in [0.3, 0.4) is 0 Å². The molecule has 4 heterocycles. The molecule has 8 heteroatoms. The Morgan fingerprint density at radius 1 is 1.28 bits per heavy atom. The molecule has 130 valence electrons. The molecule has 4 rings (SSSR count). The molecule has 3 aromatic heterocycles. The Morgan fingerprint density at radius 2 is 2.20 bits per heavy atom. The normalized spacial score (nSPS) is 18.0. The van der Waals surface area contributed by atoms with Gasteiger partial charge in [0.25, 0.3) is 0 Å². The number of ether oxygens (including phenoxy) is 1. The fourth-order valence-electron chi connectivity index (χ4n) is 3.45. The molecule has 0 aromatic carbocycles. The van der Waals surface area contributed by atoms with E-state index >= 15 is 0 Å². The zero-order chi connectivity index (χ0) is 17.2. The second kappa shape index (κ2) is 6.72. The Labute approximate surface area is 145 Å². The van der Waals surface area contributed by atoms with E-state index in [0.717, 1.165) is 54.3 Å². The second-order valence-corrected chi connectivity index (χ2v) is 6.32. The molecule has 0 amide bonds. The van der Waals surface area contributed by atoms with Gasteiger partial charge >= 0.3 is 0 Å². The summed E-state index contributed by atoms with van der Waals surface area (Å²) in [5.74, 6) is 2.04. The highest BCUT2D eigenvalue weighted by molar-refractivity contribution is 5.86. The smallest absolute Gasteiger partial charge is 0.163 e. The van der Waals surface area contributed by atoms with Gasteiger partial charge in [-0.1, -0.05) is 0 Å². The van der Waals surface area contributed by atoms with Crippen molar-refractivity contribution in [2.75, 3.05) is 25.1 Å². The van der Waals surface area contributed by atoms with Crippen LogP contribution in [0, 0.1) is 0 Å². The van der Waals surface area contributed by atoms with Gasteiger partial charge in [-0.2, -0.15) is 5.10 Å². The van der Waals surface area contributed by atoms with Crippen molar-refractivity contribution in [2.24, 2.45) is 7.05 Å². The number of hydrogen-bond donors (Lipinski definition) is 0. The number of fused-ring (bicyclic) bond motifs is 1. The van der Waals surface area contributed by atoms with E-state index in [4.69, 9.17) is 4.74 Å². The van der Waals surface area contributed by atoms with Gasteiger partial charge in [-0.05, 0) is 18.9 Å². The minimum Gasteiger partial charge on any atom is -0.377 e. The van der Waals surface area contributed by atoms with E-state index in [2.05, 4.69) is 29.9 Å². The van der Waals surface area contributed by atoms with Gasteiger partial charge in [0.2, 0.25) is 0 Å². The molecule has 0 spiro atoms. The van der Waals surface area contributed by atoms with Crippen LogP contribution in [0.2, 0.25) is 0 Å². The lowest BCUT2D eigenvalue weighted by Gasteiger charge is -2.33. The molecule has 1 aliphatic heterocycles. The third kappa shape index (κ3) is 3.05. The number of piperidine rings is 1. The predicted octanol–water partition coefficient (Wildman–Crippen LogP) is 1.68. The lowest BCUT2D eigenvalue weighted by atomic mass is 9.94. The minimum absolute atomic E-state index is 0.356. The summed E-state index contributed by atoms with van der Waals surface area (Å²) in [6.07, 6.45) is 7.49. The molecule has 1 aliphatic rings. The molecular weight excluding hydrogens is 318 g/mol. The maximum absolute atomic E-state index is 5.15. The highest BCUT2D eigenvalue weighted by atomic mass is 16.5. The van der Waals surface area contributed by atoms with Crippen molar-refractivity contribution in [3.8, 4) is 0 Å². The molecule has 0 bridgehead atoms. The predicted molar refractivity (Wildman–Crippen MR) is 93.2 cm³/mol. The summed E-state index contributed by atoms with van der Waals surface area (Å²) < 4.78 is 6.93. The average Bonchev–Trinajstić information content (AvgIpc) is 3.04. The van der Waals surface area contributed by atoms with Crippen LogP contribution < -0.4 is 4.90 Å². The van der Waals surface area contributed by atoms with E-state index in [1.807, 2.05) is 25.5 Å². The van der Waals surface area contributed by atoms with Gasteiger partial charge in [-0.3, -0.25) is 4.68 Å². The largest absolute Gasteiger partial charge is 0.377 e. The Bertz CT molecular complexity index is 878. The van der Waals surface area contributed by atoms with Crippen molar-refractivity contribution < 1.29 is 4.74 Å². The summed E-state index contributed by atoms with van der Waals surface area (Å²) in [6.45, 7) is 2.30. The number of aromatic nitrogens is 6. The first-order valence-corrected chi connectivity index (χ1v) is 8.44. The molecule has 8 nitrogen and oxygen atoms in total. The molecule has 0 radical (unpaired) electrons. The molecule has 25 heavy (non-hydrogen) atoms. The van der Waals surface area contributed by atoms with E-state index in [0.29, 0.717) is 12.5 Å². The van der Waals surface area contributed by atoms with Crippen molar-refractivity contribution in [1.29, 1.82) is 0 Å². The highest BCUT2D eigenvalue weighted by Gasteiger charge is 2.25. The number of hydrogen-bond acceptors (Lipinski definition) is 7. The van der Waals surface area contributed by atoms with Gasteiger partial charge in [0.05, 0.1) is 11.6 Å². The van der Waals surface area contributed by atoms with Gasteiger partial charge in [-0.25, -0.2) is 19.9 Å². The lowest BCUT2D eigenvalue weighted by Crippen LogP contribution is -2.35. The maximum Gasteiger partial charge on any atom is 0.163 e. The van der Waals surface area contributed by atoms with Crippen LogP contribution in [0.1, 0.15) is 30.3 Å². The molecule has 0 aliphatic carbocycles. The van der Waals surface area contributed by atoms with Gasteiger partial charge in [0.1, 0.15) is 18.8 Å². The molecule has 1 fully saturated rings. The van der Waals surface area contributed by atoms with Gasteiger partial charge in [0.15, 0.2) is 11.5 Å². The molecule has 0 N–H and O–H groups in total. The SMILES string of the molecule is COCc1nccc(C2CCCN(c3ncnc4c3cnn4C)C2)n1. The van der Waals surface area contributed by atoms with Crippen molar-refractivity contribution in [1.82, 2.24) is 29.7 Å². The molecule has 3 aromatic rings. The standard InChI is InChI=1S/C17H21N7O/c1-23-16-13(8-21-23)17(20-11-19-16)24-7-3-4-12(9-24)14-5-6-18-15(22-14)10-25-2/h5-6,8,11-12H,3-4,7,9-10H2,1-2H3. The Hall–Kier alpha value is -2.61. The fourth-order valence-corrected chi connectivity index (χ4v) is 3.45. The zero-order valence-corrected chi connectivity index (χ0v) is 14.5. The van der Waals surface area contributed by atoms with Crippen LogP contribution in [0.25, 0.3) is 11.0 Å². The Balaban J connectivity index is 1.61. The summed E-state index contributed by atoms with van der Waals surface area (Å²) in [4.78, 5) is 20.1. The van der Waals surface area contributed by atoms with E-state index < -0.39 is 0 Å². The van der Waals surface area contributed by atoms with Crippen molar-refractivity contribution in [3.05, 3.63) is 36.3 Å². The highest BCUT2D eigenvalue weighted by Crippen LogP contribution is 2.31. The quantitative estimate of drug-likeness (QED) is 0.715. The lowest BCUT2D eigenvalue weighted by molar-refractivity contribution is 0.177. The van der Waals surface area contributed by atoms with E-state index in [1.165, 1.54) is 0 Å². The van der Waals surface area contributed by atoms with Gasteiger partial charge in [0, 0.05) is 45.1 Å². The molecule has 1 atom stereocenters. The van der Waals surface area contributed by atoms with Crippen LogP contribution in [-0.2, 0) is 18.4 Å². The first-order valence-electron chi connectivity index (χ1n) is 8.44. The molecule has 1 saturated heterocycles. The van der Waals surface area contributed by atoms with Crippen LogP contribution in [0.4, 0.5) is 5.82 Å². The number of nitrogens with zero attached hydrogens (tertiary/aromatic N) is 7. The fraction of sp³-hybridized carbons (Fsp3) is 0.471. The Morgan fingerprint density at radius 3 is 3.08 bits per heavy atom. The van der Waals surface area contributed by atoms with Crippen molar-refractivity contribution >= 4 is 16.9 Å². The second-order valence-electron chi connectivity index (χ2n) is 6.32. The van der Waals surface area contributed by atoms with Crippen LogP contribution in [0.5, 0.6) is 0 Å². The topological polar surface area (TPSA) is 81.9 Å². The van der Waals surface area contributed by atoms with Gasteiger partial charge < -0.3 is 9.64 Å². The summed E-state index contributed by atoms with van der Waals surface area (Å²) >= 11 is 0. The van der Waals surface area contributed by atoms with E-state index in [9.17, 15) is 0 Å². The number of aryl methyl sites for hydroxylation is 1. The Kier molecular flexibility index (Phi) is 4.27. The molecule has 0 saturated carbocycles. The zero-order valence-electron chi connectivity index (χ0n) is 14.5. The first-order chi connectivity index (χ1) is 12.3. The third-order valence-electron chi connectivity index (χ3n) is 4.65. The molecule has 1 unspecified atom stereocenters. The number of methoxy groups -OCH3 is 1. The maximum atomic E-state index is 5.15. The summed E-state index contributed by atoms with van der Waals surface area (Å²) in [7, 11) is 3.56. The third-order valence-corrected chi connectivity index (χ3v) is 4.65. The van der Waals surface area contributed by atoms with Crippen LogP contribution in [-0.4, -0.2) is 49.9 Å². The van der Waals surface area contributed by atoms with E-state index in [1.54, 1.807) is 18.1 Å². The first kappa shape index (κ1) is 15.9. The van der Waals surface area contributed by atoms with Crippen molar-refractivity contribution in [3.63, 3.8) is 0 Å². The minimum atomic E-state index is 0.356.